The van der Waals surface area contributed by atoms with Crippen LogP contribution >= 0.6 is 0 Å². The van der Waals surface area contributed by atoms with Crippen LogP contribution in [-0.4, -0.2) is 19.8 Å². The molecular formula is C18H12N4. The Labute approximate surface area is 126 Å². The topological polar surface area (TPSA) is 46.0 Å². The van der Waals surface area contributed by atoms with Gasteiger partial charge in [0.2, 0.25) is 0 Å². The molecule has 0 saturated heterocycles. The van der Waals surface area contributed by atoms with Crippen LogP contribution in [0.5, 0.6) is 0 Å². The van der Waals surface area contributed by atoms with Gasteiger partial charge < -0.3 is 4.98 Å². The van der Waals surface area contributed by atoms with Crippen LogP contribution < -0.4 is 0 Å². The Morgan fingerprint density at radius 2 is 1.68 bits per heavy atom. The van der Waals surface area contributed by atoms with Gasteiger partial charge in [-0.1, -0.05) is 53.7 Å². The number of nitrogens with zero attached hydrogens (tertiary/aromatic N) is 3. The molecule has 1 N–H and O–H groups in total. The van der Waals surface area contributed by atoms with Crippen molar-refractivity contribution in [3.8, 4) is 11.3 Å². The monoisotopic (exact) mass is 284 g/mol. The molecule has 22 heavy (non-hydrogen) atoms. The normalized spacial score (nSPS) is 11.6. The number of hydrogen-bond acceptors (Lipinski definition) is 2. The lowest BCUT2D eigenvalue weighted by atomic mass is 10.1. The van der Waals surface area contributed by atoms with Gasteiger partial charge in [0.05, 0.1) is 22.9 Å². The zero-order valence-corrected chi connectivity index (χ0v) is 11.7. The third-order valence-electron chi connectivity index (χ3n) is 4.11. The fraction of sp³-hybridized carbons (Fsp3) is 0. The van der Waals surface area contributed by atoms with Crippen molar-refractivity contribution in [1.29, 1.82) is 0 Å². The molecule has 5 rings (SSSR count). The van der Waals surface area contributed by atoms with Crippen LogP contribution in [0, 0.1) is 0 Å². The number of fused-ring (bicyclic) bond motifs is 4. The van der Waals surface area contributed by atoms with Crippen molar-refractivity contribution in [1.82, 2.24) is 19.8 Å². The molecule has 4 heteroatoms. The van der Waals surface area contributed by atoms with E-state index in [1.807, 2.05) is 28.8 Å². The molecule has 0 spiro atoms. The van der Waals surface area contributed by atoms with Crippen LogP contribution in [-0.2, 0) is 0 Å². The molecule has 0 aliphatic carbocycles. The summed E-state index contributed by atoms with van der Waals surface area (Å²) in [5.74, 6) is 0. The molecule has 0 radical (unpaired) electrons. The van der Waals surface area contributed by atoms with Crippen molar-refractivity contribution in [2.24, 2.45) is 0 Å². The molecule has 2 aromatic carbocycles. The molecule has 3 aromatic heterocycles. The Hall–Kier alpha value is -3.14. The summed E-state index contributed by atoms with van der Waals surface area (Å²) in [5, 5.41) is 10.8. The molecule has 0 unspecified atom stereocenters. The Balaban J connectivity index is 2.05. The van der Waals surface area contributed by atoms with Crippen molar-refractivity contribution in [2.45, 2.75) is 0 Å². The number of H-pyrrole nitrogens is 1. The van der Waals surface area contributed by atoms with E-state index in [-0.39, 0.29) is 0 Å². The highest BCUT2D eigenvalue weighted by molar-refractivity contribution is 6.12. The predicted molar refractivity (Wildman–Crippen MR) is 87.8 cm³/mol. The molecular weight excluding hydrogens is 272 g/mol. The van der Waals surface area contributed by atoms with Gasteiger partial charge in [0.25, 0.3) is 0 Å². The quantitative estimate of drug-likeness (QED) is 0.505. The maximum Gasteiger partial charge on any atom is 0.0984 e. The minimum absolute atomic E-state index is 0.996. The molecule has 0 amide bonds. The Morgan fingerprint density at radius 1 is 0.864 bits per heavy atom. The number of pyridine rings is 1. The van der Waals surface area contributed by atoms with Crippen LogP contribution in [0.25, 0.3) is 38.6 Å². The van der Waals surface area contributed by atoms with E-state index < -0.39 is 0 Å². The number of hydrogen-bond donors (Lipinski definition) is 1. The highest BCUT2D eigenvalue weighted by Crippen LogP contribution is 2.33. The molecule has 3 heterocycles. The van der Waals surface area contributed by atoms with Crippen molar-refractivity contribution in [2.75, 3.05) is 0 Å². The Kier molecular flexibility index (Phi) is 2.19. The van der Waals surface area contributed by atoms with E-state index in [1.54, 1.807) is 6.20 Å². The number of nitrogens with one attached hydrogen (secondary N) is 1. The van der Waals surface area contributed by atoms with Gasteiger partial charge in [-0.3, -0.25) is 0 Å². The van der Waals surface area contributed by atoms with Gasteiger partial charge in [-0.15, -0.1) is 5.10 Å². The number of benzene rings is 2. The lowest BCUT2D eigenvalue weighted by molar-refractivity contribution is 0.865. The van der Waals surface area contributed by atoms with Gasteiger partial charge >= 0.3 is 0 Å². The lowest BCUT2D eigenvalue weighted by Gasteiger charge is -2.06. The van der Waals surface area contributed by atoms with Gasteiger partial charge in [0, 0.05) is 21.9 Å². The summed E-state index contributed by atoms with van der Waals surface area (Å²) in [6.07, 6.45) is 1.80. The van der Waals surface area contributed by atoms with Gasteiger partial charge in [0.15, 0.2) is 0 Å². The van der Waals surface area contributed by atoms with Gasteiger partial charge in [-0.2, -0.15) is 0 Å². The molecule has 104 valence electrons. The fourth-order valence-electron chi connectivity index (χ4n) is 3.13. The third-order valence-corrected chi connectivity index (χ3v) is 4.11. The minimum Gasteiger partial charge on any atom is -0.353 e. The van der Waals surface area contributed by atoms with Crippen molar-refractivity contribution in [3.05, 3.63) is 66.9 Å². The minimum atomic E-state index is 0.996. The van der Waals surface area contributed by atoms with E-state index in [2.05, 4.69) is 51.7 Å². The second kappa shape index (κ2) is 4.18. The van der Waals surface area contributed by atoms with E-state index in [4.69, 9.17) is 0 Å². The molecule has 0 bridgehead atoms. The van der Waals surface area contributed by atoms with E-state index in [0.29, 0.717) is 0 Å². The second-order valence-electron chi connectivity index (χ2n) is 5.39. The molecule has 0 fully saturated rings. The number of aromatic nitrogens is 4. The summed E-state index contributed by atoms with van der Waals surface area (Å²) in [5.41, 5.74) is 5.38. The van der Waals surface area contributed by atoms with E-state index in [1.165, 1.54) is 10.8 Å². The van der Waals surface area contributed by atoms with Crippen LogP contribution in [0.1, 0.15) is 0 Å². The van der Waals surface area contributed by atoms with Crippen molar-refractivity contribution >= 4 is 27.3 Å². The first kappa shape index (κ1) is 11.5. The SMILES string of the molecule is c1ccc(-c2c3[nH]c4ccccc4c3cc3cnnn23)cc1. The number of rotatable bonds is 1. The first-order valence-corrected chi connectivity index (χ1v) is 7.21. The standard InChI is InChI=1S/C18H12N4/c1-2-6-12(7-3-1)18-17-15(10-13-11-19-21-22(13)18)14-8-4-5-9-16(14)20-17/h1-11,20H. The Bertz CT molecular complexity index is 1120. The van der Waals surface area contributed by atoms with Gasteiger partial charge in [-0.25, -0.2) is 4.52 Å². The first-order valence-electron chi connectivity index (χ1n) is 7.21. The number of para-hydroxylation sites is 1. The smallest absolute Gasteiger partial charge is 0.0984 e. The summed E-state index contributed by atoms with van der Waals surface area (Å²) < 4.78 is 1.90. The molecule has 4 nitrogen and oxygen atoms in total. The molecule has 0 atom stereocenters. The summed E-state index contributed by atoms with van der Waals surface area (Å²) >= 11 is 0. The zero-order chi connectivity index (χ0) is 14.5. The Morgan fingerprint density at radius 3 is 2.59 bits per heavy atom. The van der Waals surface area contributed by atoms with E-state index in [9.17, 15) is 0 Å². The summed E-state index contributed by atoms with van der Waals surface area (Å²) in [6.45, 7) is 0. The zero-order valence-electron chi connectivity index (χ0n) is 11.7. The van der Waals surface area contributed by atoms with E-state index in [0.717, 1.165) is 27.8 Å². The van der Waals surface area contributed by atoms with Crippen LogP contribution in [0.15, 0.2) is 66.9 Å². The highest BCUT2D eigenvalue weighted by atomic mass is 15.4. The lowest BCUT2D eigenvalue weighted by Crippen LogP contribution is -1.95. The van der Waals surface area contributed by atoms with E-state index >= 15 is 0 Å². The van der Waals surface area contributed by atoms with Crippen LogP contribution in [0.2, 0.25) is 0 Å². The summed E-state index contributed by atoms with van der Waals surface area (Å²) in [6, 6.07) is 20.8. The predicted octanol–water partition coefficient (Wildman–Crippen LogP) is 4.03. The van der Waals surface area contributed by atoms with Crippen molar-refractivity contribution < 1.29 is 0 Å². The first-order chi connectivity index (χ1) is 10.9. The molecule has 0 aliphatic rings. The summed E-state index contributed by atoms with van der Waals surface area (Å²) in [4.78, 5) is 3.54. The average molecular weight is 284 g/mol. The maximum absolute atomic E-state index is 4.26. The van der Waals surface area contributed by atoms with Crippen molar-refractivity contribution in [3.63, 3.8) is 0 Å². The van der Waals surface area contributed by atoms with Crippen LogP contribution in [0.4, 0.5) is 0 Å². The average Bonchev–Trinajstić information content (AvgIpc) is 3.17. The fourth-order valence-corrected chi connectivity index (χ4v) is 3.13. The molecule has 0 saturated carbocycles. The van der Waals surface area contributed by atoms with Crippen LogP contribution in [0.3, 0.4) is 0 Å². The summed E-state index contributed by atoms with van der Waals surface area (Å²) in [7, 11) is 0. The number of aromatic amines is 1. The molecule has 5 aromatic rings. The van der Waals surface area contributed by atoms with Gasteiger partial charge in [0.1, 0.15) is 0 Å². The highest BCUT2D eigenvalue weighted by Gasteiger charge is 2.14. The maximum atomic E-state index is 4.26. The second-order valence-corrected chi connectivity index (χ2v) is 5.39. The molecule has 0 aliphatic heterocycles. The largest absolute Gasteiger partial charge is 0.353 e. The van der Waals surface area contributed by atoms with Gasteiger partial charge in [-0.05, 0) is 12.1 Å². The third kappa shape index (κ3) is 1.46.